The molecule has 0 saturated heterocycles. The zero-order valence-electron chi connectivity index (χ0n) is 22.6. The van der Waals surface area contributed by atoms with Crippen molar-refractivity contribution in [1.82, 2.24) is 0 Å². The van der Waals surface area contributed by atoms with E-state index < -0.39 is 0 Å². The van der Waals surface area contributed by atoms with E-state index in [1.54, 1.807) is 39.4 Å². The van der Waals surface area contributed by atoms with E-state index in [4.69, 9.17) is 4.74 Å². The number of nitrogens with one attached hydrogen (secondary N) is 1. The lowest BCUT2D eigenvalue weighted by Gasteiger charge is -2.07. The first-order valence-electron chi connectivity index (χ1n) is 13.0. The molecule has 2 aromatic rings. The van der Waals surface area contributed by atoms with Gasteiger partial charge < -0.3 is 10.1 Å². The molecule has 0 bridgehead atoms. The molecule has 2 aliphatic carbocycles. The second-order valence-corrected chi connectivity index (χ2v) is 9.86. The molecule has 0 aliphatic heterocycles. The van der Waals surface area contributed by atoms with Gasteiger partial charge in [0.25, 0.3) is 0 Å². The van der Waals surface area contributed by atoms with Crippen molar-refractivity contribution in [2.45, 2.75) is 80.1 Å². The van der Waals surface area contributed by atoms with Crippen LogP contribution in [0.15, 0.2) is 40.9 Å². The summed E-state index contributed by atoms with van der Waals surface area (Å²) in [5.74, 6) is 4.44. The van der Waals surface area contributed by atoms with Gasteiger partial charge in [-0.15, -0.1) is 0 Å². The average Bonchev–Trinajstić information content (AvgIpc) is 3.47. The molecular weight excluding hydrogens is 502 g/mol. The summed E-state index contributed by atoms with van der Waals surface area (Å²) >= 11 is 3.42. The van der Waals surface area contributed by atoms with Crippen LogP contribution in [-0.4, -0.2) is 19.3 Å². The summed E-state index contributed by atoms with van der Waals surface area (Å²) in [5.41, 5.74) is 3.72. The third-order valence-corrected chi connectivity index (χ3v) is 7.27. The van der Waals surface area contributed by atoms with Crippen molar-refractivity contribution in [3.63, 3.8) is 0 Å². The van der Waals surface area contributed by atoms with Gasteiger partial charge in [-0.1, -0.05) is 74.7 Å². The number of anilines is 1. The maximum Gasteiger partial charge on any atom is 0.211 e. The molecule has 2 aromatic carbocycles. The lowest BCUT2D eigenvalue weighted by atomic mass is 9.98. The van der Waals surface area contributed by atoms with Gasteiger partial charge in [0.05, 0.1) is 7.11 Å². The van der Waals surface area contributed by atoms with Gasteiger partial charge in [-0.2, -0.15) is 0 Å². The minimum Gasteiger partial charge on any atom is -0.496 e. The number of methoxy groups -OCH3 is 1. The number of hydrogen-bond acceptors (Lipinski definition) is 3. The van der Waals surface area contributed by atoms with Crippen molar-refractivity contribution in [2.24, 2.45) is 17.8 Å². The minimum absolute atomic E-state index is 0.133. The van der Waals surface area contributed by atoms with E-state index in [1.807, 2.05) is 58.0 Å². The predicted octanol–water partition coefficient (Wildman–Crippen LogP) is 8.64. The van der Waals surface area contributed by atoms with Crippen molar-refractivity contribution in [1.29, 1.82) is 0 Å². The molecule has 0 aromatic heterocycles. The first-order chi connectivity index (χ1) is 16.8. The van der Waals surface area contributed by atoms with E-state index in [2.05, 4.69) is 28.2 Å². The van der Waals surface area contributed by atoms with Crippen molar-refractivity contribution in [2.75, 3.05) is 12.4 Å². The van der Waals surface area contributed by atoms with E-state index in [0.717, 1.165) is 44.9 Å². The largest absolute Gasteiger partial charge is 0.496 e. The smallest absolute Gasteiger partial charge is 0.211 e. The summed E-state index contributed by atoms with van der Waals surface area (Å²) < 4.78 is 6.10. The standard InChI is InChI=1S/C10H11BrO.C9H11NO2.C9H16.C2H6/c1-3-8-9(7(2)12)5-4-6-10(8)11;1-7-3-4-8(10-6-11)5-9(7)12-2;1-2-3-7-4-8-6-9(8)5-7;1-2/h4-6H,3H2,1-2H3;3-6H,1-2H3,(H,10,11);7-9H,2-6H2,1H3;1-2H3. The van der Waals surface area contributed by atoms with Crippen LogP contribution in [-0.2, 0) is 11.2 Å². The normalized spacial score (nSPS) is 18.8. The number of hydrogen-bond donors (Lipinski definition) is 1. The van der Waals surface area contributed by atoms with Crippen LogP contribution in [0, 0.1) is 24.7 Å². The molecular formula is C30H44BrNO3. The van der Waals surface area contributed by atoms with Crippen molar-refractivity contribution in [3.05, 3.63) is 57.6 Å². The fourth-order valence-corrected chi connectivity index (χ4v) is 5.36. The SMILES string of the molecule is CC.CCCC1CC2CC2C1.CCc1c(Br)cccc1C(C)=O.COc1cc(NC=O)ccc1C. The molecule has 0 spiro atoms. The van der Waals surface area contributed by atoms with Crippen LogP contribution in [0.4, 0.5) is 5.69 Å². The summed E-state index contributed by atoms with van der Waals surface area (Å²) in [6, 6.07) is 11.2. The Bertz CT molecular complexity index is 918. The van der Waals surface area contributed by atoms with Crippen LogP contribution in [0.5, 0.6) is 5.75 Å². The molecule has 0 radical (unpaired) electrons. The summed E-state index contributed by atoms with van der Waals surface area (Å²) in [6.45, 7) is 11.9. The number of Topliss-reactive ketones (excluding diaryl/α,β-unsaturated/α-hetero) is 1. The summed E-state index contributed by atoms with van der Waals surface area (Å²) in [5, 5.41) is 2.55. The number of carbonyl (C=O) groups excluding carboxylic acids is 2. The minimum atomic E-state index is 0.133. The number of halogens is 1. The molecule has 2 fully saturated rings. The first kappa shape index (κ1) is 30.9. The zero-order valence-corrected chi connectivity index (χ0v) is 24.2. The Balaban J connectivity index is 0.000000255. The van der Waals surface area contributed by atoms with Crippen molar-refractivity contribution < 1.29 is 14.3 Å². The number of amides is 1. The second kappa shape index (κ2) is 16.5. The Kier molecular flexibility index (Phi) is 14.6. The fourth-order valence-electron chi connectivity index (χ4n) is 4.71. The number of fused-ring (bicyclic) bond motifs is 1. The highest BCUT2D eigenvalue weighted by Gasteiger charge is 2.44. The molecule has 35 heavy (non-hydrogen) atoms. The molecule has 2 atom stereocenters. The van der Waals surface area contributed by atoms with Gasteiger partial charge in [0.1, 0.15) is 5.75 Å². The number of benzene rings is 2. The van der Waals surface area contributed by atoms with Gasteiger partial charge >= 0.3 is 0 Å². The van der Waals surface area contributed by atoms with Crippen LogP contribution in [0.2, 0.25) is 0 Å². The average molecular weight is 547 g/mol. The Labute approximate surface area is 221 Å². The highest BCUT2D eigenvalue weighted by Crippen LogP contribution is 2.55. The van der Waals surface area contributed by atoms with E-state index in [0.29, 0.717) is 6.41 Å². The molecule has 2 aliphatic rings. The fraction of sp³-hybridized carbons (Fsp3) is 0.533. The van der Waals surface area contributed by atoms with Gasteiger partial charge in [0.15, 0.2) is 5.78 Å². The number of carbonyl (C=O) groups is 2. The van der Waals surface area contributed by atoms with E-state index >= 15 is 0 Å². The third-order valence-electron chi connectivity index (χ3n) is 6.52. The molecule has 1 amide bonds. The van der Waals surface area contributed by atoms with Crippen molar-refractivity contribution >= 4 is 33.8 Å². The summed E-state index contributed by atoms with van der Waals surface area (Å²) in [7, 11) is 1.60. The Morgan fingerprint density at radius 1 is 1.11 bits per heavy atom. The Morgan fingerprint density at radius 2 is 1.77 bits per heavy atom. The Morgan fingerprint density at radius 3 is 2.26 bits per heavy atom. The van der Waals surface area contributed by atoms with Crippen LogP contribution in [0.1, 0.15) is 88.2 Å². The molecule has 194 valence electrons. The zero-order chi connectivity index (χ0) is 26.4. The topological polar surface area (TPSA) is 55.4 Å². The number of aryl methyl sites for hydroxylation is 1. The molecule has 4 nitrogen and oxygen atoms in total. The summed E-state index contributed by atoms with van der Waals surface area (Å²) in [4.78, 5) is 21.3. The predicted molar refractivity (Wildman–Crippen MR) is 152 cm³/mol. The third kappa shape index (κ3) is 10.2. The second-order valence-electron chi connectivity index (χ2n) is 9.00. The lowest BCUT2D eigenvalue weighted by Crippen LogP contribution is -1.98. The number of rotatable bonds is 7. The maximum absolute atomic E-state index is 11.2. The number of ketones is 1. The quantitative estimate of drug-likeness (QED) is 0.279. The first-order valence-corrected chi connectivity index (χ1v) is 13.8. The Hall–Kier alpha value is -2.14. The lowest BCUT2D eigenvalue weighted by molar-refractivity contribution is -0.105. The van der Waals surface area contributed by atoms with Gasteiger partial charge in [0.2, 0.25) is 6.41 Å². The van der Waals surface area contributed by atoms with Crippen LogP contribution >= 0.6 is 15.9 Å². The van der Waals surface area contributed by atoms with Gasteiger partial charge in [-0.05, 0) is 80.5 Å². The van der Waals surface area contributed by atoms with E-state index in [1.165, 1.54) is 24.7 Å². The van der Waals surface area contributed by atoms with E-state index in [-0.39, 0.29) is 5.78 Å². The number of ether oxygens (including phenoxy) is 1. The van der Waals surface area contributed by atoms with Crippen LogP contribution in [0.3, 0.4) is 0 Å². The summed E-state index contributed by atoms with van der Waals surface area (Å²) in [6.07, 6.45) is 9.19. The molecule has 5 heteroatoms. The highest BCUT2D eigenvalue weighted by atomic mass is 79.9. The van der Waals surface area contributed by atoms with Crippen LogP contribution in [0.25, 0.3) is 0 Å². The molecule has 2 saturated carbocycles. The molecule has 4 rings (SSSR count). The molecule has 2 unspecified atom stereocenters. The van der Waals surface area contributed by atoms with Crippen LogP contribution < -0.4 is 10.1 Å². The molecule has 1 N–H and O–H groups in total. The van der Waals surface area contributed by atoms with Gasteiger partial charge in [0, 0.05) is 21.8 Å². The maximum atomic E-state index is 11.2. The van der Waals surface area contributed by atoms with Gasteiger partial charge in [-0.3, -0.25) is 9.59 Å². The molecule has 0 heterocycles. The highest BCUT2D eigenvalue weighted by molar-refractivity contribution is 9.10. The van der Waals surface area contributed by atoms with Crippen molar-refractivity contribution in [3.8, 4) is 5.75 Å². The van der Waals surface area contributed by atoms with Gasteiger partial charge in [-0.25, -0.2) is 0 Å². The van der Waals surface area contributed by atoms with E-state index in [9.17, 15) is 9.59 Å². The monoisotopic (exact) mass is 545 g/mol.